The third-order valence-corrected chi connectivity index (χ3v) is 2.36. The molecule has 118 valence electrons. The van der Waals surface area contributed by atoms with Crippen molar-refractivity contribution >= 4 is 11.7 Å². The zero-order valence-electron chi connectivity index (χ0n) is 11.5. The van der Waals surface area contributed by atoms with Crippen LogP contribution in [-0.4, -0.2) is 32.4 Å². The zero-order valence-corrected chi connectivity index (χ0v) is 11.5. The highest BCUT2D eigenvalue weighted by Gasteiger charge is 2.11. The quantitative estimate of drug-likeness (QED) is 0.726. The van der Waals surface area contributed by atoms with Crippen molar-refractivity contribution in [2.24, 2.45) is 0 Å². The highest BCUT2D eigenvalue weighted by molar-refractivity contribution is 5.89. The van der Waals surface area contributed by atoms with E-state index in [0.717, 1.165) is 12.1 Å². The molecular formula is C13H17F3N2O3. The minimum Gasteiger partial charge on any atom is -0.432 e. The van der Waals surface area contributed by atoms with Gasteiger partial charge in [0.1, 0.15) is 0 Å². The molecule has 0 aliphatic heterocycles. The summed E-state index contributed by atoms with van der Waals surface area (Å²) in [4.78, 5) is 11.5. The van der Waals surface area contributed by atoms with Crippen molar-refractivity contribution in [3.8, 4) is 5.75 Å². The Morgan fingerprint density at radius 1 is 1.38 bits per heavy atom. The Morgan fingerprint density at radius 3 is 2.76 bits per heavy atom. The molecule has 0 unspecified atom stereocenters. The van der Waals surface area contributed by atoms with Crippen LogP contribution in [0.15, 0.2) is 18.2 Å². The van der Waals surface area contributed by atoms with Crippen LogP contribution < -0.4 is 15.4 Å². The predicted octanol–water partition coefficient (Wildman–Crippen LogP) is 2.98. The van der Waals surface area contributed by atoms with Crippen molar-refractivity contribution in [2.75, 3.05) is 25.1 Å². The van der Waals surface area contributed by atoms with E-state index in [2.05, 4.69) is 15.4 Å². The maximum atomic E-state index is 13.4. The summed E-state index contributed by atoms with van der Waals surface area (Å²) in [5.74, 6) is -1.56. The number of amides is 2. The third kappa shape index (κ3) is 6.84. The van der Waals surface area contributed by atoms with Crippen LogP contribution in [0.25, 0.3) is 0 Å². The lowest BCUT2D eigenvalue weighted by Crippen LogP contribution is -2.30. The van der Waals surface area contributed by atoms with Crippen LogP contribution in [0.1, 0.15) is 13.3 Å². The number of alkyl halides is 2. The van der Waals surface area contributed by atoms with E-state index in [9.17, 15) is 18.0 Å². The van der Waals surface area contributed by atoms with Gasteiger partial charge in [-0.25, -0.2) is 9.18 Å². The van der Waals surface area contributed by atoms with Crippen LogP contribution in [0.4, 0.5) is 23.7 Å². The molecule has 2 N–H and O–H groups in total. The molecule has 0 aromatic heterocycles. The topological polar surface area (TPSA) is 59.6 Å². The summed E-state index contributed by atoms with van der Waals surface area (Å²) in [6.07, 6.45) is 0.650. The first-order valence-corrected chi connectivity index (χ1v) is 6.40. The van der Waals surface area contributed by atoms with Crippen LogP contribution in [0.3, 0.4) is 0 Å². The van der Waals surface area contributed by atoms with Gasteiger partial charge in [-0.3, -0.25) is 0 Å². The van der Waals surface area contributed by atoms with E-state index < -0.39 is 24.2 Å². The van der Waals surface area contributed by atoms with E-state index in [-0.39, 0.29) is 5.69 Å². The van der Waals surface area contributed by atoms with Crippen molar-refractivity contribution in [1.29, 1.82) is 0 Å². The predicted molar refractivity (Wildman–Crippen MR) is 71.2 cm³/mol. The van der Waals surface area contributed by atoms with Crippen molar-refractivity contribution < 1.29 is 27.4 Å². The minimum absolute atomic E-state index is 0.136. The Kier molecular flexibility index (Phi) is 7.38. The molecule has 21 heavy (non-hydrogen) atoms. The van der Waals surface area contributed by atoms with Gasteiger partial charge in [-0.2, -0.15) is 8.78 Å². The van der Waals surface area contributed by atoms with Crippen LogP contribution in [0, 0.1) is 5.82 Å². The lowest BCUT2D eigenvalue weighted by molar-refractivity contribution is -0.0521. The Bertz CT molecular complexity index is 458. The molecule has 0 atom stereocenters. The molecule has 0 radical (unpaired) electrons. The second-order valence-corrected chi connectivity index (χ2v) is 3.96. The van der Waals surface area contributed by atoms with Gasteiger partial charge in [0.15, 0.2) is 11.6 Å². The monoisotopic (exact) mass is 306 g/mol. The number of hydrogen-bond acceptors (Lipinski definition) is 3. The highest BCUT2D eigenvalue weighted by Crippen LogP contribution is 2.22. The largest absolute Gasteiger partial charge is 0.432 e. The summed E-state index contributed by atoms with van der Waals surface area (Å²) in [5.41, 5.74) is 0.136. The molecule has 0 bridgehead atoms. The number of rotatable bonds is 8. The molecule has 0 aliphatic carbocycles. The number of ether oxygens (including phenoxy) is 2. The Morgan fingerprint density at radius 2 is 2.14 bits per heavy atom. The molecule has 1 aromatic rings. The molecule has 8 heteroatoms. The van der Waals surface area contributed by atoms with Crippen LogP contribution in [-0.2, 0) is 4.74 Å². The molecule has 2 amide bonds. The van der Waals surface area contributed by atoms with Gasteiger partial charge in [-0.05, 0) is 25.5 Å². The standard InChI is InChI=1S/C13H17F3N2O3/c1-2-20-7-3-6-17-13(19)18-9-4-5-11(10(14)8-9)21-12(15)16/h4-5,8,12H,2-3,6-7H2,1H3,(H2,17,18,19). The molecule has 0 fully saturated rings. The van der Waals surface area contributed by atoms with Gasteiger partial charge >= 0.3 is 12.6 Å². The van der Waals surface area contributed by atoms with Gasteiger partial charge in [0.05, 0.1) is 0 Å². The van der Waals surface area contributed by atoms with E-state index in [4.69, 9.17) is 4.74 Å². The Labute approximate surface area is 120 Å². The van der Waals surface area contributed by atoms with Gasteiger partial charge < -0.3 is 20.1 Å². The van der Waals surface area contributed by atoms with Crippen LogP contribution >= 0.6 is 0 Å². The Hall–Kier alpha value is -1.96. The number of nitrogens with one attached hydrogen (secondary N) is 2. The van der Waals surface area contributed by atoms with Gasteiger partial charge in [0, 0.05) is 31.5 Å². The fourth-order valence-electron chi connectivity index (χ4n) is 1.47. The Balaban J connectivity index is 2.40. The number of carbonyl (C=O) groups excluding carboxylic acids is 1. The summed E-state index contributed by atoms with van der Waals surface area (Å²) in [6, 6.07) is 2.66. The summed E-state index contributed by atoms with van der Waals surface area (Å²) in [5, 5.41) is 4.93. The lowest BCUT2D eigenvalue weighted by Gasteiger charge is -2.10. The number of anilines is 1. The fraction of sp³-hybridized carbons (Fsp3) is 0.462. The molecule has 0 saturated carbocycles. The second kappa shape index (κ2) is 9.06. The lowest BCUT2D eigenvalue weighted by atomic mass is 10.3. The van der Waals surface area contributed by atoms with Crippen molar-refractivity contribution in [2.45, 2.75) is 20.0 Å². The number of halogens is 3. The second-order valence-electron chi connectivity index (χ2n) is 3.96. The van der Waals surface area contributed by atoms with E-state index in [1.54, 1.807) is 0 Å². The normalized spacial score (nSPS) is 10.5. The summed E-state index contributed by atoms with van der Waals surface area (Å²) < 4.78 is 46.4. The number of carbonyl (C=O) groups is 1. The molecule has 0 aliphatic rings. The molecule has 5 nitrogen and oxygen atoms in total. The maximum Gasteiger partial charge on any atom is 0.387 e. The molecule has 0 heterocycles. The molecule has 0 saturated heterocycles. The maximum absolute atomic E-state index is 13.4. The smallest absolute Gasteiger partial charge is 0.387 e. The van der Waals surface area contributed by atoms with E-state index in [0.29, 0.717) is 26.2 Å². The van der Waals surface area contributed by atoms with E-state index >= 15 is 0 Å². The van der Waals surface area contributed by atoms with E-state index in [1.807, 2.05) is 6.92 Å². The van der Waals surface area contributed by atoms with Gasteiger partial charge in [-0.15, -0.1) is 0 Å². The average molecular weight is 306 g/mol. The molecule has 1 rings (SSSR count). The number of hydrogen-bond donors (Lipinski definition) is 2. The first-order chi connectivity index (χ1) is 10.0. The van der Waals surface area contributed by atoms with Crippen molar-refractivity contribution in [3.63, 3.8) is 0 Å². The van der Waals surface area contributed by atoms with Crippen LogP contribution in [0.2, 0.25) is 0 Å². The van der Waals surface area contributed by atoms with Gasteiger partial charge in [0.2, 0.25) is 0 Å². The molecule has 0 spiro atoms. The van der Waals surface area contributed by atoms with Crippen molar-refractivity contribution in [3.05, 3.63) is 24.0 Å². The summed E-state index contributed by atoms with van der Waals surface area (Å²) >= 11 is 0. The third-order valence-electron chi connectivity index (χ3n) is 2.36. The first-order valence-electron chi connectivity index (χ1n) is 6.40. The number of urea groups is 1. The SMILES string of the molecule is CCOCCCNC(=O)Nc1ccc(OC(F)F)c(F)c1. The molecular weight excluding hydrogens is 289 g/mol. The minimum atomic E-state index is -3.10. The zero-order chi connectivity index (χ0) is 15.7. The first kappa shape index (κ1) is 17.1. The average Bonchev–Trinajstić information content (AvgIpc) is 2.41. The number of benzene rings is 1. The summed E-state index contributed by atoms with van der Waals surface area (Å²) in [6.45, 7) is 0.313. The van der Waals surface area contributed by atoms with Crippen molar-refractivity contribution in [1.82, 2.24) is 5.32 Å². The highest BCUT2D eigenvalue weighted by atomic mass is 19.3. The van der Waals surface area contributed by atoms with Gasteiger partial charge in [0.25, 0.3) is 0 Å². The fourth-order valence-corrected chi connectivity index (χ4v) is 1.47. The summed E-state index contributed by atoms with van der Waals surface area (Å²) in [7, 11) is 0. The van der Waals surface area contributed by atoms with Crippen LogP contribution in [0.5, 0.6) is 5.75 Å². The van der Waals surface area contributed by atoms with E-state index in [1.165, 1.54) is 6.07 Å². The molecule has 1 aromatic carbocycles. The van der Waals surface area contributed by atoms with Gasteiger partial charge in [-0.1, -0.05) is 0 Å².